The fourth-order valence-electron chi connectivity index (χ4n) is 1.26. The molecule has 0 aliphatic rings. The molecule has 1 unspecified atom stereocenters. The van der Waals surface area contributed by atoms with Crippen LogP contribution in [0.15, 0.2) is 12.1 Å². The van der Waals surface area contributed by atoms with E-state index in [0.29, 0.717) is 0 Å². The second kappa shape index (κ2) is 4.49. The van der Waals surface area contributed by atoms with Gasteiger partial charge in [0.15, 0.2) is 5.78 Å². The highest BCUT2D eigenvalue weighted by molar-refractivity contribution is 5.96. The Morgan fingerprint density at radius 1 is 1.40 bits per heavy atom. The number of Topliss-reactive ketones (excluding diaryl/α,β-unsaturated/α-hetero) is 1. The molecule has 0 heterocycles. The number of rotatable bonds is 3. The van der Waals surface area contributed by atoms with Gasteiger partial charge in [-0.05, 0) is 31.5 Å². The summed E-state index contributed by atoms with van der Waals surface area (Å²) in [6.45, 7) is 3.08. The Morgan fingerprint density at radius 3 is 2.53 bits per heavy atom. The quantitative estimate of drug-likeness (QED) is 0.782. The van der Waals surface area contributed by atoms with E-state index < -0.39 is 17.4 Å². The van der Waals surface area contributed by atoms with Gasteiger partial charge in [0.1, 0.15) is 11.6 Å². The molecular weight excluding hydrogens is 200 g/mol. The zero-order chi connectivity index (χ0) is 11.6. The van der Waals surface area contributed by atoms with Gasteiger partial charge in [0.05, 0.1) is 5.56 Å². The van der Waals surface area contributed by atoms with Gasteiger partial charge in [-0.2, -0.15) is 0 Å². The van der Waals surface area contributed by atoms with Crippen molar-refractivity contribution in [2.75, 3.05) is 0 Å². The lowest BCUT2D eigenvalue weighted by molar-refractivity contribution is 0.0972. The zero-order valence-electron chi connectivity index (χ0n) is 8.68. The Bertz CT molecular complexity index is 388. The molecule has 1 atom stereocenters. The van der Waals surface area contributed by atoms with Gasteiger partial charge in [-0.3, -0.25) is 4.79 Å². The smallest absolute Gasteiger partial charge is 0.167 e. The molecule has 0 spiro atoms. The van der Waals surface area contributed by atoms with Crippen molar-refractivity contribution in [3.8, 4) is 0 Å². The molecule has 2 nitrogen and oxygen atoms in total. The maximum Gasteiger partial charge on any atom is 0.167 e. The summed E-state index contributed by atoms with van der Waals surface area (Å²) < 4.78 is 26.4. The van der Waals surface area contributed by atoms with Crippen LogP contribution in [0.2, 0.25) is 0 Å². The van der Waals surface area contributed by atoms with Crippen molar-refractivity contribution in [2.45, 2.75) is 26.3 Å². The monoisotopic (exact) mass is 213 g/mol. The average Bonchev–Trinajstić information content (AvgIpc) is 2.09. The van der Waals surface area contributed by atoms with E-state index in [9.17, 15) is 13.6 Å². The maximum absolute atomic E-state index is 13.3. The number of ketones is 1. The Balaban J connectivity index is 3.04. The van der Waals surface area contributed by atoms with E-state index in [1.165, 1.54) is 6.92 Å². The molecule has 1 aromatic rings. The van der Waals surface area contributed by atoms with Gasteiger partial charge < -0.3 is 5.73 Å². The molecule has 1 aromatic carbocycles. The van der Waals surface area contributed by atoms with Crippen LogP contribution in [0, 0.1) is 18.6 Å². The average molecular weight is 213 g/mol. The minimum atomic E-state index is -0.695. The predicted octanol–water partition coefficient (Wildman–Crippen LogP) is 2.19. The van der Waals surface area contributed by atoms with E-state index in [4.69, 9.17) is 5.73 Å². The first-order valence-electron chi connectivity index (χ1n) is 4.66. The number of nitrogens with two attached hydrogens (primary N) is 1. The molecule has 1 rings (SSSR count). The van der Waals surface area contributed by atoms with Gasteiger partial charge in [-0.25, -0.2) is 8.78 Å². The fraction of sp³-hybridized carbons (Fsp3) is 0.364. The Labute approximate surface area is 87.1 Å². The van der Waals surface area contributed by atoms with Gasteiger partial charge in [-0.1, -0.05) is 0 Å². The Hall–Kier alpha value is -1.29. The summed E-state index contributed by atoms with van der Waals surface area (Å²) in [5.74, 6) is -1.75. The highest BCUT2D eigenvalue weighted by Crippen LogP contribution is 2.16. The molecule has 0 bridgehead atoms. The van der Waals surface area contributed by atoms with E-state index in [-0.39, 0.29) is 23.6 Å². The zero-order valence-corrected chi connectivity index (χ0v) is 8.68. The van der Waals surface area contributed by atoms with Crippen molar-refractivity contribution in [1.82, 2.24) is 0 Å². The standard InChI is InChI=1S/C11H13F2NO/c1-6-3-10(13)8(5-9(6)12)11(15)4-7(2)14/h3,5,7H,4,14H2,1-2H3. The van der Waals surface area contributed by atoms with Crippen LogP contribution >= 0.6 is 0 Å². The van der Waals surface area contributed by atoms with Crippen molar-refractivity contribution in [1.29, 1.82) is 0 Å². The van der Waals surface area contributed by atoms with E-state index in [0.717, 1.165) is 12.1 Å². The van der Waals surface area contributed by atoms with Crippen LogP contribution in [0.5, 0.6) is 0 Å². The summed E-state index contributed by atoms with van der Waals surface area (Å²) >= 11 is 0. The number of halogens is 2. The van der Waals surface area contributed by atoms with Gasteiger partial charge in [0, 0.05) is 12.5 Å². The highest BCUT2D eigenvalue weighted by atomic mass is 19.1. The van der Waals surface area contributed by atoms with Crippen LogP contribution in [0.3, 0.4) is 0 Å². The minimum Gasteiger partial charge on any atom is -0.328 e. The highest BCUT2D eigenvalue weighted by Gasteiger charge is 2.15. The van der Waals surface area contributed by atoms with Crippen LogP contribution in [-0.2, 0) is 0 Å². The number of aryl methyl sites for hydroxylation is 1. The maximum atomic E-state index is 13.3. The summed E-state index contributed by atoms with van der Waals surface area (Å²) in [5.41, 5.74) is 5.37. The lowest BCUT2D eigenvalue weighted by Crippen LogP contribution is -2.20. The number of hydrogen-bond acceptors (Lipinski definition) is 2. The molecule has 0 amide bonds. The lowest BCUT2D eigenvalue weighted by atomic mass is 10.0. The van der Waals surface area contributed by atoms with Crippen LogP contribution in [0.1, 0.15) is 29.3 Å². The number of carbonyl (C=O) groups excluding carboxylic acids is 1. The topological polar surface area (TPSA) is 43.1 Å². The molecule has 82 valence electrons. The van der Waals surface area contributed by atoms with Gasteiger partial charge in [-0.15, -0.1) is 0 Å². The Kier molecular flexibility index (Phi) is 3.52. The summed E-state index contributed by atoms with van der Waals surface area (Å²) in [7, 11) is 0. The van der Waals surface area contributed by atoms with Crippen molar-refractivity contribution in [2.24, 2.45) is 5.73 Å². The third kappa shape index (κ3) is 2.83. The third-order valence-electron chi connectivity index (χ3n) is 2.06. The van der Waals surface area contributed by atoms with E-state index >= 15 is 0 Å². The summed E-state index contributed by atoms with van der Waals surface area (Å²) in [6, 6.07) is 1.58. The molecule has 15 heavy (non-hydrogen) atoms. The third-order valence-corrected chi connectivity index (χ3v) is 2.06. The molecule has 0 radical (unpaired) electrons. The SMILES string of the molecule is Cc1cc(F)c(C(=O)CC(C)N)cc1F. The Morgan fingerprint density at radius 2 is 2.00 bits per heavy atom. The first-order chi connectivity index (χ1) is 6.91. The normalized spacial score (nSPS) is 12.6. The second-order valence-electron chi connectivity index (χ2n) is 3.69. The van der Waals surface area contributed by atoms with Gasteiger partial charge in [0.2, 0.25) is 0 Å². The van der Waals surface area contributed by atoms with Crippen molar-refractivity contribution in [3.63, 3.8) is 0 Å². The van der Waals surface area contributed by atoms with Crippen molar-refractivity contribution < 1.29 is 13.6 Å². The van der Waals surface area contributed by atoms with E-state index in [1.54, 1.807) is 6.92 Å². The van der Waals surface area contributed by atoms with Crippen LogP contribution in [0.25, 0.3) is 0 Å². The minimum absolute atomic E-state index is 0.0133. The van der Waals surface area contributed by atoms with Gasteiger partial charge >= 0.3 is 0 Å². The molecule has 0 fully saturated rings. The van der Waals surface area contributed by atoms with Crippen LogP contribution in [0.4, 0.5) is 8.78 Å². The molecule has 0 aromatic heterocycles. The molecule has 2 N–H and O–H groups in total. The van der Waals surface area contributed by atoms with Gasteiger partial charge in [0.25, 0.3) is 0 Å². The lowest BCUT2D eigenvalue weighted by Gasteiger charge is -2.06. The molecule has 0 saturated heterocycles. The van der Waals surface area contributed by atoms with Crippen LogP contribution < -0.4 is 5.73 Å². The van der Waals surface area contributed by atoms with E-state index in [1.807, 2.05) is 0 Å². The van der Waals surface area contributed by atoms with Crippen LogP contribution in [-0.4, -0.2) is 11.8 Å². The number of carbonyl (C=O) groups is 1. The largest absolute Gasteiger partial charge is 0.328 e. The predicted molar refractivity (Wildman–Crippen MR) is 53.7 cm³/mol. The first-order valence-corrected chi connectivity index (χ1v) is 4.66. The first kappa shape index (κ1) is 11.8. The molecule has 0 aliphatic heterocycles. The summed E-state index contributed by atoms with van der Waals surface area (Å²) in [5, 5.41) is 0. The number of hydrogen-bond donors (Lipinski definition) is 1. The summed E-state index contributed by atoms with van der Waals surface area (Å²) in [4.78, 5) is 11.5. The fourth-order valence-corrected chi connectivity index (χ4v) is 1.26. The molecule has 0 aliphatic carbocycles. The second-order valence-corrected chi connectivity index (χ2v) is 3.69. The number of benzene rings is 1. The molecular formula is C11H13F2NO. The van der Waals surface area contributed by atoms with E-state index in [2.05, 4.69) is 0 Å². The van der Waals surface area contributed by atoms with Crippen molar-refractivity contribution >= 4 is 5.78 Å². The molecule has 0 saturated carbocycles. The molecule has 4 heteroatoms. The van der Waals surface area contributed by atoms with Crippen molar-refractivity contribution in [3.05, 3.63) is 34.9 Å². The summed E-state index contributed by atoms with van der Waals surface area (Å²) in [6.07, 6.45) is 0.0133.